The number of carbonyl (C=O) groups excluding carboxylic acids is 1. The minimum Gasteiger partial charge on any atom is -0.346 e. The first kappa shape index (κ1) is 17.0. The topological polar surface area (TPSA) is 91.9 Å². The van der Waals surface area contributed by atoms with Crippen LogP contribution in [0.15, 0.2) is 4.90 Å². The number of hydrogen-bond acceptors (Lipinski definition) is 4. The fraction of sp³-hybridized carbons (Fsp3) is 0.667. The van der Waals surface area contributed by atoms with Gasteiger partial charge in [-0.05, 0) is 26.7 Å². The maximum absolute atomic E-state index is 12.2. The summed E-state index contributed by atoms with van der Waals surface area (Å²) >= 11 is 0. The molecule has 0 aliphatic carbocycles. The lowest BCUT2D eigenvalue weighted by atomic mass is 9.99. The lowest BCUT2D eigenvalue weighted by molar-refractivity contribution is 0.0900. The predicted octanol–water partition coefficient (Wildman–Crippen LogP) is 2.21. The van der Waals surface area contributed by atoms with Crippen LogP contribution in [-0.4, -0.2) is 30.1 Å². The van der Waals surface area contributed by atoms with Gasteiger partial charge in [0.2, 0.25) is 0 Å². The van der Waals surface area contributed by atoms with E-state index in [9.17, 15) is 13.2 Å². The van der Waals surface area contributed by atoms with Crippen molar-refractivity contribution in [2.24, 2.45) is 0 Å². The van der Waals surface area contributed by atoms with Crippen LogP contribution in [0, 0.1) is 0 Å². The van der Waals surface area contributed by atoms with Gasteiger partial charge in [0, 0.05) is 16.2 Å². The van der Waals surface area contributed by atoms with Crippen LogP contribution in [0.25, 0.3) is 0 Å². The Hall–Kier alpha value is -1.08. The molecule has 0 saturated carbocycles. The molecule has 0 aliphatic heterocycles. The van der Waals surface area contributed by atoms with E-state index in [0.717, 1.165) is 12.8 Å². The molecule has 8 heteroatoms. The van der Waals surface area contributed by atoms with Gasteiger partial charge >= 0.3 is 0 Å². The number of aryl methyl sites for hydroxylation is 1. The number of carbonyl (C=O) groups is 1. The molecule has 1 heterocycles. The highest BCUT2D eigenvalue weighted by atomic mass is 35.7. The Morgan fingerprint density at radius 3 is 2.45 bits per heavy atom. The normalized spacial score (nSPS) is 12.4. The van der Waals surface area contributed by atoms with E-state index in [1.54, 1.807) is 6.92 Å². The summed E-state index contributed by atoms with van der Waals surface area (Å²) in [5, 5.41) is 9.13. The number of aromatic amines is 1. The molecular weight excluding hydrogens is 302 g/mol. The number of hydrogen-bond donors (Lipinski definition) is 2. The number of halogens is 1. The maximum Gasteiger partial charge on any atom is 0.273 e. The highest BCUT2D eigenvalue weighted by Gasteiger charge is 2.30. The zero-order valence-corrected chi connectivity index (χ0v) is 13.7. The summed E-state index contributed by atoms with van der Waals surface area (Å²) in [5.41, 5.74) is -0.288. The van der Waals surface area contributed by atoms with Crippen LogP contribution >= 0.6 is 10.7 Å². The van der Waals surface area contributed by atoms with Crippen molar-refractivity contribution in [2.45, 2.75) is 57.4 Å². The summed E-state index contributed by atoms with van der Waals surface area (Å²) in [5.74, 6) is -0.543. The third-order valence-electron chi connectivity index (χ3n) is 2.93. The van der Waals surface area contributed by atoms with Crippen LogP contribution in [0.1, 0.15) is 56.7 Å². The fourth-order valence-corrected chi connectivity index (χ4v) is 3.43. The van der Waals surface area contributed by atoms with Crippen molar-refractivity contribution in [3.63, 3.8) is 0 Å². The predicted molar refractivity (Wildman–Crippen MR) is 77.5 cm³/mol. The molecule has 1 aromatic rings. The standard InChI is InChI=1S/C12H20ClN3O3S/c1-5-7-12(3,4)14-11(17)9-10(20(13,18)19)8(6-2)15-16-9/h5-7H2,1-4H3,(H,14,17)(H,15,16). The fourth-order valence-electron chi connectivity index (χ4n) is 2.08. The molecule has 0 atom stereocenters. The minimum atomic E-state index is -4.03. The third kappa shape index (κ3) is 3.96. The minimum absolute atomic E-state index is 0.180. The van der Waals surface area contributed by atoms with Crippen molar-refractivity contribution in [3.05, 3.63) is 11.4 Å². The Labute approximate surface area is 123 Å². The molecule has 114 valence electrons. The van der Waals surface area contributed by atoms with Crippen LogP contribution in [0.2, 0.25) is 0 Å². The molecule has 0 spiro atoms. The Morgan fingerprint density at radius 2 is 2.00 bits per heavy atom. The molecular formula is C12H20ClN3O3S. The molecule has 1 rings (SSSR count). The quantitative estimate of drug-likeness (QED) is 0.786. The van der Waals surface area contributed by atoms with Crippen LogP contribution < -0.4 is 5.32 Å². The summed E-state index contributed by atoms with van der Waals surface area (Å²) in [7, 11) is 1.37. The first-order valence-electron chi connectivity index (χ1n) is 6.46. The van der Waals surface area contributed by atoms with E-state index in [0.29, 0.717) is 12.1 Å². The van der Waals surface area contributed by atoms with Gasteiger partial charge in [-0.15, -0.1) is 0 Å². The van der Waals surface area contributed by atoms with Crippen molar-refractivity contribution >= 4 is 25.6 Å². The number of nitrogens with one attached hydrogen (secondary N) is 2. The molecule has 2 N–H and O–H groups in total. The molecule has 1 amide bonds. The number of H-pyrrole nitrogens is 1. The largest absolute Gasteiger partial charge is 0.346 e. The van der Waals surface area contributed by atoms with E-state index in [-0.39, 0.29) is 10.6 Å². The second-order valence-corrected chi connectivity index (χ2v) is 7.76. The second-order valence-electron chi connectivity index (χ2n) is 5.26. The highest BCUT2D eigenvalue weighted by Crippen LogP contribution is 2.23. The maximum atomic E-state index is 12.2. The van der Waals surface area contributed by atoms with E-state index in [1.165, 1.54) is 0 Å². The summed E-state index contributed by atoms with van der Waals surface area (Å²) < 4.78 is 23.2. The van der Waals surface area contributed by atoms with E-state index in [2.05, 4.69) is 15.5 Å². The van der Waals surface area contributed by atoms with Gasteiger partial charge in [0.15, 0.2) is 5.69 Å². The summed E-state index contributed by atoms with van der Waals surface area (Å²) in [6, 6.07) is 0. The first-order chi connectivity index (χ1) is 9.12. The Balaban J connectivity index is 3.15. The lowest BCUT2D eigenvalue weighted by Crippen LogP contribution is -2.43. The molecule has 0 saturated heterocycles. The van der Waals surface area contributed by atoms with Gasteiger partial charge in [0.1, 0.15) is 4.90 Å². The molecule has 0 unspecified atom stereocenters. The summed E-state index contributed by atoms with van der Waals surface area (Å²) in [6.45, 7) is 7.50. The van der Waals surface area contributed by atoms with Gasteiger partial charge in [-0.3, -0.25) is 9.89 Å². The SMILES string of the molecule is CCCC(C)(C)NC(=O)c1n[nH]c(CC)c1S(=O)(=O)Cl. The van der Waals surface area contributed by atoms with Gasteiger partial charge in [0.25, 0.3) is 15.0 Å². The monoisotopic (exact) mass is 321 g/mol. The van der Waals surface area contributed by atoms with Crippen molar-refractivity contribution in [2.75, 3.05) is 0 Å². The van der Waals surface area contributed by atoms with E-state index >= 15 is 0 Å². The van der Waals surface area contributed by atoms with E-state index < -0.39 is 20.5 Å². The molecule has 0 bridgehead atoms. The van der Waals surface area contributed by atoms with E-state index in [1.807, 2.05) is 20.8 Å². The average molecular weight is 322 g/mol. The number of rotatable bonds is 6. The second kappa shape index (κ2) is 6.13. The smallest absolute Gasteiger partial charge is 0.273 e. The van der Waals surface area contributed by atoms with Crippen molar-refractivity contribution in [1.82, 2.24) is 15.5 Å². The number of amides is 1. The zero-order chi connectivity index (χ0) is 15.6. The lowest BCUT2D eigenvalue weighted by Gasteiger charge is -2.25. The third-order valence-corrected chi connectivity index (χ3v) is 4.32. The zero-order valence-electron chi connectivity index (χ0n) is 12.1. The first-order valence-corrected chi connectivity index (χ1v) is 8.77. The van der Waals surface area contributed by atoms with Crippen molar-refractivity contribution in [1.29, 1.82) is 0 Å². The number of aromatic nitrogens is 2. The molecule has 0 radical (unpaired) electrons. The summed E-state index contributed by atoms with van der Waals surface area (Å²) in [4.78, 5) is 12.0. The van der Waals surface area contributed by atoms with Crippen LogP contribution in [0.5, 0.6) is 0 Å². The molecule has 1 aromatic heterocycles. The molecule has 0 fully saturated rings. The highest BCUT2D eigenvalue weighted by molar-refractivity contribution is 8.13. The average Bonchev–Trinajstić information content (AvgIpc) is 2.71. The van der Waals surface area contributed by atoms with Crippen LogP contribution in [0.3, 0.4) is 0 Å². The molecule has 6 nitrogen and oxygen atoms in total. The van der Waals surface area contributed by atoms with Gasteiger partial charge < -0.3 is 5.32 Å². The Bertz CT molecular complexity index is 593. The summed E-state index contributed by atoms with van der Waals surface area (Å²) in [6.07, 6.45) is 2.06. The Morgan fingerprint density at radius 1 is 1.40 bits per heavy atom. The van der Waals surface area contributed by atoms with Crippen molar-refractivity contribution in [3.8, 4) is 0 Å². The molecule has 0 aromatic carbocycles. The van der Waals surface area contributed by atoms with Gasteiger partial charge in [-0.1, -0.05) is 20.3 Å². The van der Waals surface area contributed by atoms with E-state index in [4.69, 9.17) is 10.7 Å². The van der Waals surface area contributed by atoms with Crippen LogP contribution in [-0.2, 0) is 15.5 Å². The number of nitrogens with zero attached hydrogens (tertiary/aromatic N) is 1. The molecule has 20 heavy (non-hydrogen) atoms. The molecule has 0 aliphatic rings. The van der Waals surface area contributed by atoms with Crippen molar-refractivity contribution < 1.29 is 13.2 Å². The van der Waals surface area contributed by atoms with Gasteiger partial charge in [0.05, 0.1) is 5.69 Å². The van der Waals surface area contributed by atoms with Gasteiger partial charge in [-0.2, -0.15) is 5.10 Å². The van der Waals surface area contributed by atoms with Gasteiger partial charge in [-0.25, -0.2) is 8.42 Å². The van der Waals surface area contributed by atoms with Crippen LogP contribution in [0.4, 0.5) is 0 Å². The Kier molecular flexibility index (Phi) is 5.21.